The second kappa shape index (κ2) is 6.47. The van der Waals surface area contributed by atoms with E-state index >= 15 is 0 Å². The Morgan fingerprint density at radius 3 is 2.71 bits per heavy atom. The number of pyridine rings is 1. The molecule has 0 bridgehead atoms. The number of carboxylic acid groups (broad SMARTS) is 1. The zero-order valence-corrected chi connectivity index (χ0v) is 15.1. The number of fused-ring (bicyclic) bond motifs is 5. The summed E-state index contributed by atoms with van der Waals surface area (Å²) in [6.07, 6.45) is 1.91. The topological polar surface area (TPSA) is 81.7 Å². The van der Waals surface area contributed by atoms with Gasteiger partial charge in [-0.15, -0.1) is 0 Å². The Morgan fingerprint density at radius 2 is 2.07 bits per heavy atom. The molecule has 1 aromatic carbocycles. The fourth-order valence-electron chi connectivity index (χ4n) is 3.75. The number of nitrogens with zero attached hydrogens (tertiary/aromatic N) is 1. The lowest BCUT2D eigenvalue weighted by Crippen LogP contribution is -2.27. The Bertz CT molecular complexity index is 1150. The van der Waals surface area contributed by atoms with Crippen LogP contribution in [0.5, 0.6) is 5.75 Å². The van der Waals surface area contributed by atoms with E-state index in [0.717, 1.165) is 10.9 Å². The van der Waals surface area contributed by atoms with Crippen LogP contribution in [0.4, 0.5) is 8.78 Å². The maximum absolute atomic E-state index is 12.5. The Hall–Kier alpha value is -3.16. The molecule has 0 spiro atoms. The van der Waals surface area contributed by atoms with Crippen LogP contribution >= 0.6 is 0 Å². The number of hydrogen-bond donors (Lipinski definition) is 1. The van der Waals surface area contributed by atoms with E-state index in [1.54, 1.807) is 10.6 Å². The van der Waals surface area contributed by atoms with Crippen LogP contribution < -0.4 is 10.2 Å². The summed E-state index contributed by atoms with van der Waals surface area (Å²) in [4.78, 5) is 23.7. The molecule has 0 fully saturated rings. The number of rotatable bonds is 4. The molecular weight excluding hydrogens is 372 g/mol. The van der Waals surface area contributed by atoms with Crippen LogP contribution in [0.3, 0.4) is 0 Å². The third-order valence-electron chi connectivity index (χ3n) is 5.07. The number of hydrogen-bond acceptors (Lipinski definition) is 4. The average molecular weight is 389 g/mol. The molecule has 6 nitrogen and oxygen atoms in total. The number of aromatic carboxylic acids is 1. The smallest absolute Gasteiger partial charge is 0.387 e. The fraction of sp³-hybridized carbons (Fsp3) is 0.300. The number of halogens is 2. The zero-order chi connectivity index (χ0) is 20.2. The van der Waals surface area contributed by atoms with Crippen molar-refractivity contribution in [3.05, 3.63) is 51.8 Å². The first-order valence-electron chi connectivity index (χ1n) is 8.76. The molecule has 28 heavy (non-hydrogen) atoms. The van der Waals surface area contributed by atoms with Gasteiger partial charge in [-0.05, 0) is 24.5 Å². The standard InChI is InChI=1S/C20H17F2NO5/c1-9(2)14-6-12-11-4-3-10(27-20(21)22)5-17(11)28-18(12)15-7-16(24)13(19(25)26)8-23(14)15/h3-5,7-9,14,20H,6H2,1-2H3,(H,25,26). The van der Waals surface area contributed by atoms with Crippen LogP contribution in [-0.4, -0.2) is 22.3 Å². The van der Waals surface area contributed by atoms with Crippen molar-refractivity contribution in [3.8, 4) is 17.2 Å². The van der Waals surface area contributed by atoms with E-state index in [4.69, 9.17) is 4.42 Å². The second-order valence-electron chi connectivity index (χ2n) is 7.11. The van der Waals surface area contributed by atoms with E-state index in [1.165, 1.54) is 24.4 Å². The molecular formula is C20H17F2NO5. The molecule has 0 radical (unpaired) electrons. The van der Waals surface area contributed by atoms with Crippen molar-refractivity contribution < 1.29 is 27.8 Å². The molecule has 0 amide bonds. The summed E-state index contributed by atoms with van der Waals surface area (Å²) < 4.78 is 37.1. The molecule has 3 heterocycles. The van der Waals surface area contributed by atoms with Crippen molar-refractivity contribution in [2.45, 2.75) is 32.9 Å². The number of carbonyl (C=O) groups is 1. The largest absolute Gasteiger partial charge is 0.477 e. The number of furan rings is 1. The third-order valence-corrected chi connectivity index (χ3v) is 5.07. The van der Waals surface area contributed by atoms with Gasteiger partial charge in [-0.1, -0.05) is 13.8 Å². The van der Waals surface area contributed by atoms with Gasteiger partial charge in [-0.3, -0.25) is 4.79 Å². The van der Waals surface area contributed by atoms with E-state index in [9.17, 15) is 23.5 Å². The SMILES string of the molecule is CC(C)C1Cc2c(oc3cc(OC(F)F)ccc23)-c2cc(=O)c(C(=O)O)cn21. The van der Waals surface area contributed by atoms with Gasteiger partial charge in [0.25, 0.3) is 0 Å². The number of ether oxygens (including phenoxy) is 1. The Morgan fingerprint density at radius 1 is 1.32 bits per heavy atom. The minimum Gasteiger partial charge on any atom is -0.477 e. The maximum Gasteiger partial charge on any atom is 0.387 e. The van der Waals surface area contributed by atoms with Crippen LogP contribution in [-0.2, 0) is 6.42 Å². The van der Waals surface area contributed by atoms with Crippen LogP contribution in [0.25, 0.3) is 22.4 Å². The van der Waals surface area contributed by atoms with E-state index < -0.39 is 18.0 Å². The minimum absolute atomic E-state index is 0.0207. The minimum atomic E-state index is -2.94. The van der Waals surface area contributed by atoms with E-state index in [1.807, 2.05) is 13.8 Å². The quantitative estimate of drug-likeness (QED) is 0.719. The summed E-state index contributed by atoms with van der Waals surface area (Å²) in [5.74, 6) is -0.711. The molecule has 1 N–H and O–H groups in total. The predicted molar refractivity (Wildman–Crippen MR) is 97.1 cm³/mol. The number of carboxylic acids is 1. The first kappa shape index (κ1) is 18.2. The van der Waals surface area contributed by atoms with Crippen molar-refractivity contribution in [3.63, 3.8) is 0 Å². The lowest BCUT2D eigenvalue weighted by molar-refractivity contribution is -0.0497. The highest BCUT2D eigenvalue weighted by atomic mass is 19.3. The van der Waals surface area contributed by atoms with Gasteiger partial charge in [0.1, 0.15) is 16.9 Å². The van der Waals surface area contributed by atoms with Gasteiger partial charge >= 0.3 is 12.6 Å². The van der Waals surface area contributed by atoms with Crippen molar-refractivity contribution >= 4 is 16.9 Å². The molecule has 1 aliphatic rings. The monoisotopic (exact) mass is 389 g/mol. The van der Waals surface area contributed by atoms with Crippen molar-refractivity contribution in [2.24, 2.45) is 5.92 Å². The number of alkyl halides is 2. The summed E-state index contributed by atoms with van der Waals surface area (Å²) in [6, 6.07) is 5.67. The summed E-state index contributed by atoms with van der Waals surface area (Å²) in [5.41, 5.74) is 0.786. The van der Waals surface area contributed by atoms with Gasteiger partial charge in [-0.25, -0.2) is 4.79 Å². The first-order chi connectivity index (χ1) is 13.3. The van der Waals surface area contributed by atoms with Crippen LogP contribution in [0, 0.1) is 5.92 Å². The van der Waals surface area contributed by atoms with Gasteiger partial charge < -0.3 is 18.8 Å². The predicted octanol–water partition coefficient (Wildman–Crippen LogP) is 4.31. The van der Waals surface area contributed by atoms with Gasteiger partial charge in [0.15, 0.2) is 11.2 Å². The van der Waals surface area contributed by atoms with Gasteiger partial charge in [-0.2, -0.15) is 8.78 Å². The van der Waals surface area contributed by atoms with Crippen molar-refractivity contribution in [2.75, 3.05) is 0 Å². The molecule has 4 rings (SSSR count). The molecule has 8 heteroatoms. The summed E-state index contributed by atoms with van der Waals surface area (Å²) in [7, 11) is 0. The molecule has 0 aliphatic carbocycles. The van der Waals surface area contributed by atoms with Crippen molar-refractivity contribution in [1.29, 1.82) is 0 Å². The molecule has 0 saturated carbocycles. The molecule has 1 unspecified atom stereocenters. The maximum atomic E-state index is 12.5. The normalized spacial score (nSPS) is 15.7. The van der Waals surface area contributed by atoms with Crippen molar-refractivity contribution in [1.82, 2.24) is 4.57 Å². The highest BCUT2D eigenvalue weighted by molar-refractivity contribution is 5.90. The van der Waals surface area contributed by atoms with Gasteiger partial charge in [0, 0.05) is 35.3 Å². The summed E-state index contributed by atoms with van der Waals surface area (Å²) in [6.45, 7) is 1.07. The van der Waals surface area contributed by atoms with Crippen LogP contribution in [0.1, 0.15) is 35.8 Å². The van der Waals surface area contributed by atoms with E-state index in [0.29, 0.717) is 23.5 Å². The number of benzene rings is 1. The van der Waals surface area contributed by atoms with E-state index in [-0.39, 0.29) is 23.3 Å². The Kier molecular flexibility index (Phi) is 4.21. The Labute approximate surface area is 158 Å². The summed E-state index contributed by atoms with van der Waals surface area (Å²) in [5, 5.41) is 10.0. The highest BCUT2D eigenvalue weighted by Crippen LogP contribution is 2.43. The molecule has 2 aromatic heterocycles. The van der Waals surface area contributed by atoms with E-state index in [2.05, 4.69) is 4.74 Å². The second-order valence-corrected chi connectivity index (χ2v) is 7.11. The zero-order valence-electron chi connectivity index (χ0n) is 15.1. The lowest BCUT2D eigenvalue weighted by Gasteiger charge is -2.31. The van der Waals surface area contributed by atoms with Gasteiger partial charge in [0.2, 0.25) is 0 Å². The average Bonchev–Trinajstić information content (AvgIpc) is 2.97. The highest BCUT2D eigenvalue weighted by Gasteiger charge is 2.32. The molecule has 1 aliphatic heterocycles. The van der Waals surface area contributed by atoms with Crippen LogP contribution in [0.2, 0.25) is 0 Å². The molecule has 3 aromatic rings. The third kappa shape index (κ3) is 2.85. The molecule has 146 valence electrons. The lowest BCUT2D eigenvalue weighted by atomic mass is 9.89. The fourth-order valence-corrected chi connectivity index (χ4v) is 3.75. The first-order valence-corrected chi connectivity index (χ1v) is 8.76. The molecule has 1 atom stereocenters. The Balaban J connectivity index is 1.95. The summed E-state index contributed by atoms with van der Waals surface area (Å²) >= 11 is 0. The van der Waals surface area contributed by atoms with Gasteiger partial charge in [0.05, 0.1) is 5.69 Å². The van der Waals surface area contributed by atoms with Crippen LogP contribution in [0.15, 0.2) is 39.7 Å². The number of aromatic nitrogens is 1. The molecule has 0 saturated heterocycles.